The molecule has 0 radical (unpaired) electrons. The van der Waals surface area contributed by atoms with E-state index in [9.17, 15) is 0 Å². The Labute approximate surface area is 105 Å². The molecule has 1 heterocycles. The van der Waals surface area contributed by atoms with E-state index in [0.29, 0.717) is 24.1 Å². The van der Waals surface area contributed by atoms with Crippen molar-refractivity contribution in [1.82, 2.24) is 4.98 Å². The third-order valence-electron chi connectivity index (χ3n) is 2.31. The summed E-state index contributed by atoms with van der Waals surface area (Å²) in [6, 6.07) is 5.93. The van der Waals surface area contributed by atoms with Gasteiger partial charge in [0.05, 0.1) is 0 Å². The quantitative estimate of drug-likeness (QED) is 0.757. The van der Waals surface area contributed by atoms with Crippen molar-refractivity contribution in [3.63, 3.8) is 0 Å². The molecule has 0 unspecified atom stereocenters. The maximum absolute atomic E-state index is 5.90. The van der Waals surface area contributed by atoms with Gasteiger partial charge in [0.2, 0.25) is 0 Å². The molecule has 0 spiro atoms. The van der Waals surface area contributed by atoms with Crippen molar-refractivity contribution in [2.24, 2.45) is 0 Å². The summed E-state index contributed by atoms with van der Waals surface area (Å²) in [4.78, 5) is 6.33. The molecule has 1 aromatic heterocycles. The molecule has 2 rings (SSSR count). The van der Waals surface area contributed by atoms with E-state index in [4.69, 9.17) is 16.0 Å². The highest BCUT2D eigenvalue weighted by Crippen LogP contribution is 2.24. The average molecular weight is 249 g/mol. The lowest BCUT2D eigenvalue weighted by atomic mass is 10.3. The molecule has 0 fully saturated rings. The molecular formula is C13H13ClN2O. The van der Waals surface area contributed by atoms with Gasteiger partial charge in [-0.25, -0.2) is 0 Å². The maximum Gasteiger partial charge on any atom is 0.298 e. The summed E-state index contributed by atoms with van der Waals surface area (Å²) in [5.41, 5.74) is 1.48. The number of oxazole rings is 1. The molecule has 0 aliphatic carbocycles. The van der Waals surface area contributed by atoms with Gasteiger partial charge >= 0.3 is 0 Å². The first-order valence-corrected chi connectivity index (χ1v) is 5.65. The van der Waals surface area contributed by atoms with Crippen molar-refractivity contribution in [3.8, 4) is 0 Å². The van der Waals surface area contributed by atoms with Gasteiger partial charge in [0, 0.05) is 18.1 Å². The lowest BCUT2D eigenvalue weighted by molar-refractivity contribution is 0.584. The fourth-order valence-corrected chi connectivity index (χ4v) is 1.73. The fraction of sp³-hybridized carbons (Fsp3) is 0.154. The van der Waals surface area contributed by atoms with E-state index >= 15 is 0 Å². The summed E-state index contributed by atoms with van der Waals surface area (Å²) in [7, 11) is 0. The Morgan fingerprint density at radius 1 is 1.29 bits per heavy atom. The van der Waals surface area contributed by atoms with E-state index in [-0.39, 0.29) is 0 Å². The third kappa shape index (κ3) is 2.50. The number of aromatic nitrogens is 1. The Kier molecular flexibility index (Phi) is 3.49. The van der Waals surface area contributed by atoms with E-state index in [1.165, 1.54) is 0 Å². The van der Waals surface area contributed by atoms with Crippen LogP contribution in [0.2, 0.25) is 5.02 Å². The molecular weight excluding hydrogens is 236 g/mol. The monoisotopic (exact) mass is 248 g/mol. The molecule has 0 amide bonds. The van der Waals surface area contributed by atoms with Crippen LogP contribution in [0.25, 0.3) is 11.1 Å². The minimum Gasteiger partial charge on any atom is -0.423 e. The van der Waals surface area contributed by atoms with Crippen molar-refractivity contribution < 1.29 is 4.42 Å². The first kappa shape index (κ1) is 11.7. The number of rotatable bonds is 5. The normalized spacial score (nSPS) is 10.4. The van der Waals surface area contributed by atoms with Crippen molar-refractivity contribution >= 4 is 28.7 Å². The van der Waals surface area contributed by atoms with Gasteiger partial charge in [-0.1, -0.05) is 23.8 Å². The lowest BCUT2D eigenvalue weighted by Gasteiger charge is -2.15. The number of halogens is 1. The zero-order valence-corrected chi connectivity index (χ0v) is 10.2. The van der Waals surface area contributed by atoms with Gasteiger partial charge in [0.15, 0.2) is 5.58 Å². The van der Waals surface area contributed by atoms with Crippen LogP contribution in [0.4, 0.5) is 6.01 Å². The van der Waals surface area contributed by atoms with Gasteiger partial charge in [-0.05, 0) is 18.2 Å². The van der Waals surface area contributed by atoms with Gasteiger partial charge in [0.1, 0.15) is 5.52 Å². The average Bonchev–Trinajstić information content (AvgIpc) is 2.71. The maximum atomic E-state index is 5.90. The Bertz CT molecular complexity index is 537. The Hall–Kier alpha value is -1.74. The second-order valence-electron chi connectivity index (χ2n) is 3.59. The molecule has 3 nitrogen and oxygen atoms in total. The van der Waals surface area contributed by atoms with Crippen LogP contribution in [0.15, 0.2) is 47.9 Å². The van der Waals surface area contributed by atoms with E-state index in [1.54, 1.807) is 24.3 Å². The van der Waals surface area contributed by atoms with Crippen molar-refractivity contribution in [2.75, 3.05) is 18.0 Å². The van der Waals surface area contributed by atoms with Gasteiger partial charge in [-0.3, -0.25) is 0 Å². The Morgan fingerprint density at radius 3 is 2.65 bits per heavy atom. The number of benzene rings is 1. The summed E-state index contributed by atoms with van der Waals surface area (Å²) in [6.07, 6.45) is 3.59. The molecule has 1 aromatic carbocycles. The molecule has 0 saturated carbocycles. The van der Waals surface area contributed by atoms with Gasteiger partial charge in [0.25, 0.3) is 6.01 Å². The molecule has 0 aliphatic rings. The van der Waals surface area contributed by atoms with Crippen LogP contribution >= 0.6 is 11.6 Å². The van der Waals surface area contributed by atoms with E-state index in [2.05, 4.69) is 18.1 Å². The Morgan fingerprint density at radius 2 is 2.00 bits per heavy atom. The first-order valence-electron chi connectivity index (χ1n) is 5.27. The van der Waals surface area contributed by atoms with Crippen LogP contribution < -0.4 is 4.90 Å². The second-order valence-corrected chi connectivity index (χ2v) is 4.03. The number of fused-ring (bicyclic) bond motifs is 1. The van der Waals surface area contributed by atoms with Gasteiger partial charge < -0.3 is 9.32 Å². The second kappa shape index (κ2) is 5.06. The SMILES string of the molecule is C=CCN(CC=C)c1nc2cc(Cl)ccc2o1. The molecule has 0 bridgehead atoms. The molecule has 88 valence electrons. The van der Waals surface area contributed by atoms with E-state index in [1.807, 2.05) is 11.0 Å². The highest BCUT2D eigenvalue weighted by atomic mass is 35.5. The van der Waals surface area contributed by atoms with Crippen LogP contribution in [0.1, 0.15) is 0 Å². The largest absolute Gasteiger partial charge is 0.423 e. The molecule has 0 aliphatic heterocycles. The number of nitrogens with zero attached hydrogens (tertiary/aromatic N) is 2. The van der Waals surface area contributed by atoms with Crippen LogP contribution in [-0.4, -0.2) is 18.1 Å². The smallest absolute Gasteiger partial charge is 0.298 e. The molecule has 0 saturated heterocycles. The third-order valence-corrected chi connectivity index (χ3v) is 2.54. The standard InChI is InChI=1S/C13H13ClN2O/c1-3-7-16(8-4-2)13-15-11-9-10(14)5-6-12(11)17-13/h3-6,9H,1-2,7-8H2. The number of hydrogen-bond acceptors (Lipinski definition) is 3. The molecule has 17 heavy (non-hydrogen) atoms. The van der Waals surface area contributed by atoms with Crippen LogP contribution in [0.3, 0.4) is 0 Å². The number of hydrogen-bond donors (Lipinski definition) is 0. The summed E-state index contributed by atoms with van der Waals surface area (Å²) in [6.45, 7) is 8.74. The van der Waals surface area contributed by atoms with E-state index < -0.39 is 0 Å². The zero-order valence-electron chi connectivity index (χ0n) is 9.40. The van der Waals surface area contributed by atoms with Crippen molar-refractivity contribution in [3.05, 3.63) is 48.5 Å². The van der Waals surface area contributed by atoms with Gasteiger partial charge in [-0.15, -0.1) is 13.2 Å². The summed E-state index contributed by atoms with van der Waals surface area (Å²) < 4.78 is 5.65. The predicted molar refractivity (Wildman–Crippen MR) is 71.6 cm³/mol. The van der Waals surface area contributed by atoms with Gasteiger partial charge in [-0.2, -0.15) is 4.98 Å². The minimum atomic E-state index is 0.557. The molecule has 2 aromatic rings. The van der Waals surface area contributed by atoms with Crippen LogP contribution in [-0.2, 0) is 0 Å². The highest BCUT2D eigenvalue weighted by Gasteiger charge is 2.11. The topological polar surface area (TPSA) is 29.3 Å². The minimum absolute atomic E-state index is 0.557. The summed E-state index contributed by atoms with van der Waals surface area (Å²) >= 11 is 5.90. The van der Waals surface area contributed by atoms with Crippen LogP contribution in [0, 0.1) is 0 Å². The summed E-state index contributed by atoms with van der Waals surface area (Å²) in [5.74, 6) is 0. The molecule has 0 N–H and O–H groups in total. The Balaban J connectivity index is 2.39. The first-order chi connectivity index (χ1) is 8.24. The lowest BCUT2D eigenvalue weighted by Crippen LogP contribution is -2.23. The number of anilines is 1. The van der Waals surface area contributed by atoms with E-state index in [0.717, 1.165) is 11.1 Å². The highest BCUT2D eigenvalue weighted by molar-refractivity contribution is 6.31. The van der Waals surface area contributed by atoms with Crippen molar-refractivity contribution in [2.45, 2.75) is 0 Å². The zero-order chi connectivity index (χ0) is 12.3. The van der Waals surface area contributed by atoms with Crippen molar-refractivity contribution in [1.29, 1.82) is 0 Å². The summed E-state index contributed by atoms with van der Waals surface area (Å²) in [5, 5.41) is 0.649. The predicted octanol–water partition coefficient (Wildman–Crippen LogP) is 3.66. The van der Waals surface area contributed by atoms with Crippen LogP contribution in [0.5, 0.6) is 0 Å². The molecule has 4 heteroatoms. The fourth-order valence-electron chi connectivity index (χ4n) is 1.57. The molecule has 0 atom stereocenters.